The second-order valence-electron chi connectivity index (χ2n) is 5.38. The second-order valence-corrected chi connectivity index (χ2v) is 14.6. The number of rotatable bonds is 4. The first-order chi connectivity index (χ1) is 9.03. The van der Waals surface area contributed by atoms with Gasteiger partial charge in [0.2, 0.25) is 0 Å². The Morgan fingerprint density at radius 1 is 0.947 bits per heavy atom. The predicted octanol–water partition coefficient (Wildman–Crippen LogP) is 5.36. The van der Waals surface area contributed by atoms with Gasteiger partial charge in [-0.3, -0.25) is 4.99 Å². The molecule has 0 aliphatic rings. The Kier molecular flexibility index (Phi) is 4.61. The summed E-state index contributed by atoms with van der Waals surface area (Å²) >= 11 is 2.00. The molecule has 0 amide bonds. The van der Waals surface area contributed by atoms with Crippen LogP contribution in [0.5, 0.6) is 0 Å². The van der Waals surface area contributed by atoms with Gasteiger partial charge >= 0.3 is 0 Å². The minimum absolute atomic E-state index is 1.02. The summed E-state index contributed by atoms with van der Waals surface area (Å²) in [6, 6.07) is 18.7. The molecule has 2 rings (SSSR count). The summed E-state index contributed by atoms with van der Waals surface area (Å²) in [7, 11) is -1.14. The molecule has 0 fully saturated rings. The minimum Gasteiger partial charge on any atom is -0.256 e. The zero-order valence-corrected chi connectivity index (χ0v) is 13.4. The number of benzene rings is 2. The molecule has 0 radical (unpaired) electrons. The van der Waals surface area contributed by atoms with Crippen LogP contribution in [0.4, 0.5) is 5.69 Å². The van der Waals surface area contributed by atoms with Crippen LogP contribution in [-0.2, 0) is 0 Å². The quantitative estimate of drug-likeness (QED) is 0.544. The van der Waals surface area contributed by atoms with E-state index in [1.807, 2.05) is 41.7 Å². The topological polar surface area (TPSA) is 12.4 Å². The summed E-state index contributed by atoms with van der Waals surface area (Å²) in [6.45, 7) is 7.08. The highest BCUT2D eigenvalue weighted by atomic mass is 32.4. The van der Waals surface area contributed by atoms with Gasteiger partial charge in [-0.2, -0.15) is 11.2 Å². The van der Waals surface area contributed by atoms with Crippen LogP contribution in [0.1, 0.15) is 5.56 Å². The van der Waals surface area contributed by atoms with Crippen molar-refractivity contribution in [3.05, 3.63) is 60.2 Å². The van der Waals surface area contributed by atoms with Gasteiger partial charge in [-0.05, 0) is 23.8 Å². The number of hydrogen-bond acceptors (Lipinski definition) is 2. The maximum atomic E-state index is 4.54. The standard InChI is InChI=1S/C16H19NSSi/c1-19(2,3)18-16-11-7-10-15(12-16)17-13-14-8-5-4-6-9-14/h4-13H,1-3H3. The van der Waals surface area contributed by atoms with E-state index in [1.165, 1.54) is 4.90 Å². The van der Waals surface area contributed by atoms with E-state index < -0.39 is 7.22 Å². The Hall–Kier alpha value is -1.32. The summed E-state index contributed by atoms with van der Waals surface area (Å²) in [5, 5.41) is 0. The van der Waals surface area contributed by atoms with Crippen LogP contribution in [0.25, 0.3) is 0 Å². The van der Waals surface area contributed by atoms with Gasteiger partial charge in [0, 0.05) is 11.1 Å². The molecule has 0 bridgehead atoms. The van der Waals surface area contributed by atoms with Gasteiger partial charge in [-0.15, -0.1) is 0 Å². The zero-order chi connectivity index (χ0) is 13.7. The molecule has 0 aromatic heterocycles. The van der Waals surface area contributed by atoms with E-state index >= 15 is 0 Å². The first kappa shape index (κ1) is 14.1. The van der Waals surface area contributed by atoms with Crippen molar-refractivity contribution in [3.63, 3.8) is 0 Å². The van der Waals surface area contributed by atoms with Crippen molar-refractivity contribution in [1.82, 2.24) is 0 Å². The van der Waals surface area contributed by atoms with Gasteiger partial charge in [-0.25, -0.2) is 0 Å². The number of hydrogen-bond donors (Lipinski definition) is 0. The fourth-order valence-corrected chi connectivity index (χ4v) is 5.20. The molecular weight excluding hydrogens is 266 g/mol. The monoisotopic (exact) mass is 285 g/mol. The minimum atomic E-state index is -1.14. The third-order valence-corrected chi connectivity index (χ3v) is 6.05. The van der Waals surface area contributed by atoms with E-state index in [2.05, 4.69) is 55.0 Å². The summed E-state index contributed by atoms with van der Waals surface area (Å²) in [4.78, 5) is 5.87. The lowest BCUT2D eigenvalue weighted by molar-refractivity contribution is 1.42. The molecule has 0 N–H and O–H groups in total. The van der Waals surface area contributed by atoms with Crippen LogP contribution in [0.2, 0.25) is 19.6 Å². The zero-order valence-electron chi connectivity index (χ0n) is 11.6. The molecule has 0 saturated heterocycles. The van der Waals surface area contributed by atoms with Crippen LogP contribution in [0.3, 0.4) is 0 Å². The SMILES string of the molecule is C[Si](C)(C)Sc1cccc(N=Cc2ccccc2)c1. The predicted molar refractivity (Wildman–Crippen MR) is 89.3 cm³/mol. The lowest BCUT2D eigenvalue weighted by Crippen LogP contribution is -2.13. The van der Waals surface area contributed by atoms with Crippen molar-refractivity contribution in [2.75, 3.05) is 0 Å². The molecule has 2 aromatic carbocycles. The van der Waals surface area contributed by atoms with Crippen LogP contribution in [-0.4, -0.2) is 13.4 Å². The Labute approximate surface area is 120 Å². The smallest absolute Gasteiger partial charge is 0.114 e. The second kappa shape index (κ2) is 6.22. The Morgan fingerprint density at radius 3 is 2.37 bits per heavy atom. The molecule has 1 nitrogen and oxygen atoms in total. The first-order valence-corrected chi connectivity index (χ1v) is 11.5. The van der Waals surface area contributed by atoms with E-state index in [0.717, 1.165) is 11.3 Å². The summed E-state index contributed by atoms with van der Waals surface area (Å²) in [5.41, 5.74) is 2.15. The number of aliphatic imine (C=N–C) groups is 1. The largest absolute Gasteiger partial charge is 0.256 e. The van der Waals surface area contributed by atoms with Gasteiger partial charge in [0.25, 0.3) is 0 Å². The van der Waals surface area contributed by atoms with Crippen molar-refractivity contribution in [3.8, 4) is 0 Å². The van der Waals surface area contributed by atoms with E-state index in [4.69, 9.17) is 0 Å². The normalized spacial score (nSPS) is 11.9. The van der Waals surface area contributed by atoms with Gasteiger partial charge in [0.15, 0.2) is 0 Å². The van der Waals surface area contributed by atoms with Crippen LogP contribution >= 0.6 is 11.2 Å². The van der Waals surface area contributed by atoms with Crippen molar-refractivity contribution < 1.29 is 0 Å². The van der Waals surface area contributed by atoms with Gasteiger partial charge in [0.1, 0.15) is 7.22 Å². The van der Waals surface area contributed by atoms with E-state index in [1.54, 1.807) is 0 Å². The fourth-order valence-electron chi connectivity index (χ4n) is 1.67. The fraction of sp³-hybridized carbons (Fsp3) is 0.188. The average molecular weight is 285 g/mol. The van der Waals surface area contributed by atoms with Gasteiger partial charge < -0.3 is 0 Å². The van der Waals surface area contributed by atoms with E-state index in [0.29, 0.717) is 0 Å². The van der Waals surface area contributed by atoms with Crippen molar-refractivity contribution >= 4 is 30.3 Å². The molecule has 2 aromatic rings. The molecule has 98 valence electrons. The van der Waals surface area contributed by atoms with Gasteiger partial charge in [0.05, 0.1) is 5.69 Å². The molecule has 0 spiro atoms. The summed E-state index contributed by atoms with van der Waals surface area (Å²) in [5.74, 6) is 0. The van der Waals surface area contributed by atoms with Crippen molar-refractivity contribution in [1.29, 1.82) is 0 Å². The van der Waals surface area contributed by atoms with Crippen molar-refractivity contribution in [2.24, 2.45) is 4.99 Å². The molecular formula is C16H19NSSi. The molecule has 19 heavy (non-hydrogen) atoms. The Morgan fingerprint density at radius 2 is 1.68 bits per heavy atom. The van der Waals surface area contributed by atoms with Gasteiger partial charge in [-0.1, -0.05) is 56.0 Å². The molecule has 0 saturated carbocycles. The first-order valence-electron chi connectivity index (χ1n) is 6.41. The lowest BCUT2D eigenvalue weighted by Gasteiger charge is -2.15. The molecule has 0 atom stereocenters. The third kappa shape index (κ3) is 5.05. The highest BCUT2D eigenvalue weighted by molar-refractivity contribution is 8.28. The molecule has 3 heteroatoms. The summed E-state index contributed by atoms with van der Waals surface area (Å²) in [6.07, 6.45) is 1.91. The molecule has 0 unspecified atom stereocenters. The van der Waals surface area contributed by atoms with E-state index in [9.17, 15) is 0 Å². The van der Waals surface area contributed by atoms with Crippen LogP contribution in [0, 0.1) is 0 Å². The maximum Gasteiger partial charge on any atom is 0.114 e. The maximum absolute atomic E-state index is 4.54. The lowest BCUT2D eigenvalue weighted by atomic mass is 10.2. The third-order valence-electron chi connectivity index (χ3n) is 2.40. The average Bonchev–Trinajstić information content (AvgIpc) is 2.36. The Bertz CT molecular complexity index is 558. The number of nitrogens with zero attached hydrogens (tertiary/aromatic N) is 1. The molecule has 0 aliphatic carbocycles. The van der Waals surface area contributed by atoms with Crippen LogP contribution < -0.4 is 0 Å². The Balaban J connectivity index is 2.13. The summed E-state index contributed by atoms with van der Waals surface area (Å²) < 4.78 is 0. The molecule has 0 heterocycles. The highest BCUT2D eigenvalue weighted by Gasteiger charge is 2.14. The molecule has 0 aliphatic heterocycles. The highest BCUT2D eigenvalue weighted by Crippen LogP contribution is 2.31. The van der Waals surface area contributed by atoms with Crippen LogP contribution in [0.15, 0.2) is 64.5 Å². The van der Waals surface area contributed by atoms with E-state index in [-0.39, 0.29) is 0 Å². The van der Waals surface area contributed by atoms with Crippen molar-refractivity contribution in [2.45, 2.75) is 24.5 Å².